The minimum absolute atomic E-state index is 0.0683. The highest BCUT2D eigenvalue weighted by molar-refractivity contribution is 8.00. The van der Waals surface area contributed by atoms with E-state index in [0.717, 1.165) is 10.5 Å². The molecule has 1 saturated heterocycles. The molecule has 1 atom stereocenters. The van der Waals surface area contributed by atoms with Gasteiger partial charge in [0, 0.05) is 37.3 Å². The smallest absolute Gasteiger partial charge is 0.414 e. The van der Waals surface area contributed by atoms with Crippen molar-refractivity contribution in [2.24, 2.45) is 7.05 Å². The quantitative estimate of drug-likeness (QED) is 0.500. The van der Waals surface area contributed by atoms with E-state index < -0.39 is 6.09 Å². The topological polar surface area (TPSA) is 115 Å². The second-order valence-electron chi connectivity index (χ2n) is 8.61. The summed E-state index contributed by atoms with van der Waals surface area (Å²) >= 11 is 1.46. The molecule has 2 N–H and O–H groups in total. The highest BCUT2D eigenvalue weighted by Crippen LogP contribution is 2.35. The molecule has 2 aromatic carbocycles. The molecule has 2 aliphatic heterocycles. The number of fused-ring (bicyclic) bond motifs is 2. The van der Waals surface area contributed by atoms with Gasteiger partial charge in [-0.05, 0) is 36.8 Å². The van der Waals surface area contributed by atoms with Crippen LogP contribution in [0.4, 0.5) is 16.2 Å². The molecule has 0 saturated carbocycles. The van der Waals surface area contributed by atoms with Crippen LogP contribution in [0.1, 0.15) is 5.56 Å². The average Bonchev–Trinajstić information content (AvgIpc) is 3.21. The third kappa shape index (κ3) is 4.32. The number of nitrogens with one attached hydrogen (secondary N) is 2. The second kappa shape index (κ2) is 9.23. The molecule has 2 amide bonds. The Balaban J connectivity index is 1.22. The predicted molar refractivity (Wildman–Crippen MR) is 134 cm³/mol. The number of cyclic esters (lactones) is 1. The van der Waals surface area contributed by atoms with Crippen molar-refractivity contribution < 1.29 is 14.3 Å². The summed E-state index contributed by atoms with van der Waals surface area (Å²) in [7, 11) is 1.66. The third-order valence-corrected chi connectivity index (χ3v) is 7.33. The molecule has 0 bridgehead atoms. The fourth-order valence-corrected chi connectivity index (χ4v) is 5.23. The van der Waals surface area contributed by atoms with E-state index in [-0.39, 0.29) is 29.8 Å². The number of hydrogen-bond acceptors (Lipinski definition) is 7. The van der Waals surface area contributed by atoms with Crippen LogP contribution in [0.5, 0.6) is 0 Å². The Morgan fingerprint density at radius 1 is 1.17 bits per heavy atom. The van der Waals surface area contributed by atoms with Crippen LogP contribution in [-0.2, 0) is 23.1 Å². The molecule has 35 heavy (non-hydrogen) atoms. The van der Waals surface area contributed by atoms with Gasteiger partial charge in [-0.3, -0.25) is 23.6 Å². The number of anilines is 2. The minimum atomic E-state index is -0.457. The number of carbonyl (C=O) groups excluding carboxylic acids is 2. The number of nitrogens with zero attached hydrogens (tertiary/aromatic N) is 3. The van der Waals surface area contributed by atoms with E-state index in [2.05, 4.69) is 10.6 Å². The van der Waals surface area contributed by atoms with E-state index in [4.69, 9.17) is 4.74 Å². The maximum atomic E-state index is 13.0. The van der Waals surface area contributed by atoms with Gasteiger partial charge in [0.05, 0.1) is 28.9 Å². The Morgan fingerprint density at radius 2 is 2.00 bits per heavy atom. The number of rotatable bonds is 6. The van der Waals surface area contributed by atoms with E-state index in [0.29, 0.717) is 47.7 Å². The van der Waals surface area contributed by atoms with Crippen molar-refractivity contribution in [1.29, 1.82) is 0 Å². The van der Waals surface area contributed by atoms with Gasteiger partial charge < -0.3 is 15.4 Å². The van der Waals surface area contributed by atoms with Gasteiger partial charge in [-0.1, -0.05) is 12.1 Å². The van der Waals surface area contributed by atoms with Gasteiger partial charge in [0.15, 0.2) is 0 Å². The zero-order valence-corrected chi connectivity index (χ0v) is 20.2. The summed E-state index contributed by atoms with van der Waals surface area (Å²) in [6, 6.07) is 10.9. The predicted octanol–water partition coefficient (Wildman–Crippen LogP) is 1.67. The van der Waals surface area contributed by atoms with E-state index >= 15 is 0 Å². The van der Waals surface area contributed by atoms with Crippen LogP contribution in [0.15, 0.2) is 50.9 Å². The van der Waals surface area contributed by atoms with Crippen LogP contribution < -0.4 is 26.8 Å². The molecule has 0 aliphatic carbocycles. The summed E-state index contributed by atoms with van der Waals surface area (Å²) in [5.74, 6) is 0.310. The lowest BCUT2D eigenvalue weighted by Crippen LogP contribution is -2.42. The summed E-state index contributed by atoms with van der Waals surface area (Å²) in [5.41, 5.74) is 2.10. The van der Waals surface area contributed by atoms with E-state index in [1.54, 1.807) is 19.2 Å². The highest BCUT2D eigenvalue weighted by Gasteiger charge is 2.32. The standard InChI is InChI=1S/C24H25N5O5S/c1-14-4-3-5-18-21(14)22(31)28(23(32)27(18)2)9-8-25-11-16-12-29(24(33)34-16)15-6-7-19-17(10-15)26-20(30)13-35-19/h3-7,10,16,25H,8-9,11-13H2,1-2H3,(H,26,30). The Kier molecular flexibility index (Phi) is 6.12. The van der Waals surface area contributed by atoms with Gasteiger partial charge in [-0.15, -0.1) is 11.8 Å². The van der Waals surface area contributed by atoms with Crippen molar-refractivity contribution in [2.75, 3.05) is 35.6 Å². The molecule has 1 aromatic heterocycles. The van der Waals surface area contributed by atoms with Crippen LogP contribution in [-0.4, -0.2) is 52.6 Å². The first-order valence-corrected chi connectivity index (χ1v) is 12.3. The lowest BCUT2D eigenvalue weighted by atomic mass is 10.1. The molecule has 182 valence electrons. The molecule has 2 aliphatic rings. The normalized spacial score (nSPS) is 17.4. The number of carbonyl (C=O) groups is 2. The Hall–Kier alpha value is -3.57. The Bertz CT molecular complexity index is 1460. The largest absolute Gasteiger partial charge is 0.443 e. The molecule has 10 nitrogen and oxygen atoms in total. The number of benzene rings is 2. The van der Waals surface area contributed by atoms with E-state index in [1.807, 2.05) is 31.2 Å². The number of aryl methyl sites for hydroxylation is 2. The van der Waals surface area contributed by atoms with Crippen LogP contribution in [0.3, 0.4) is 0 Å². The molecule has 3 heterocycles. The van der Waals surface area contributed by atoms with Crippen molar-refractivity contribution in [3.8, 4) is 0 Å². The van der Waals surface area contributed by atoms with Crippen molar-refractivity contribution in [2.45, 2.75) is 24.5 Å². The molecular formula is C24H25N5O5S. The zero-order valence-electron chi connectivity index (χ0n) is 19.4. The fourth-order valence-electron chi connectivity index (χ4n) is 4.44. The van der Waals surface area contributed by atoms with Crippen LogP contribution in [0.2, 0.25) is 0 Å². The lowest BCUT2D eigenvalue weighted by Gasteiger charge is -2.20. The van der Waals surface area contributed by atoms with Crippen molar-refractivity contribution in [3.05, 3.63) is 62.8 Å². The first-order chi connectivity index (χ1) is 16.8. The Morgan fingerprint density at radius 3 is 2.83 bits per heavy atom. The van der Waals surface area contributed by atoms with Crippen LogP contribution >= 0.6 is 11.8 Å². The van der Waals surface area contributed by atoms with Crippen molar-refractivity contribution in [3.63, 3.8) is 0 Å². The zero-order chi connectivity index (χ0) is 24.7. The first kappa shape index (κ1) is 23.2. The molecule has 1 unspecified atom stereocenters. The van der Waals surface area contributed by atoms with Crippen LogP contribution in [0, 0.1) is 6.92 Å². The molecular weight excluding hydrogens is 470 g/mol. The molecule has 0 spiro atoms. The minimum Gasteiger partial charge on any atom is -0.443 e. The molecule has 3 aromatic rings. The Labute approximate surface area is 204 Å². The van der Waals surface area contributed by atoms with Crippen molar-refractivity contribution >= 4 is 46.0 Å². The average molecular weight is 496 g/mol. The lowest BCUT2D eigenvalue weighted by molar-refractivity contribution is -0.113. The van der Waals surface area contributed by atoms with E-state index in [1.165, 1.54) is 25.8 Å². The van der Waals surface area contributed by atoms with Gasteiger partial charge in [0.2, 0.25) is 5.91 Å². The van der Waals surface area contributed by atoms with Gasteiger partial charge in [-0.25, -0.2) is 9.59 Å². The summed E-state index contributed by atoms with van der Waals surface area (Å²) in [4.78, 5) is 52.3. The molecule has 1 fully saturated rings. The maximum absolute atomic E-state index is 13.0. The van der Waals surface area contributed by atoms with Gasteiger partial charge >= 0.3 is 11.8 Å². The first-order valence-electron chi connectivity index (χ1n) is 11.3. The van der Waals surface area contributed by atoms with Gasteiger partial charge in [0.25, 0.3) is 5.56 Å². The number of amides is 2. The highest BCUT2D eigenvalue weighted by atomic mass is 32.2. The number of thioether (sulfide) groups is 1. The fraction of sp³-hybridized carbons (Fsp3) is 0.333. The molecule has 5 rings (SSSR count). The van der Waals surface area contributed by atoms with Gasteiger partial charge in [0.1, 0.15) is 6.10 Å². The van der Waals surface area contributed by atoms with E-state index in [9.17, 15) is 19.2 Å². The monoisotopic (exact) mass is 495 g/mol. The van der Waals surface area contributed by atoms with Crippen LogP contribution in [0.25, 0.3) is 10.9 Å². The molecule has 0 radical (unpaired) electrons. The number of ether oxygens (including phenoxy) is 1. The van der Waals surface area contributed by atoms with Gasteiger partial charge in [-0.2, -0.15) is 0 Å². The summed E-state index contributed by atoms with van der Waals surface area (Å²) < 4.78 is 8.20. The summed E-state index contributed by atoms with van der Waals surface area (Å²) in [6.45, 7) is 3.14. The number of hydrogen-bond donors (Lipinski definition) is 2. The summed E-state index contributed by atoms with van der Waals surface area (Å²) in [6.07, 6.45) is -0.845. The SMILES string of the molecule is Cc1cccc2c1c(=O)n(CCNCC1CN(c3ccc4c(c3)NC(=O)CS4)C(=O)O1)c(=O)n2C. The maximum Gasteiger partial charge on any atom is 0.414 e. The summed E-state index contributed by atoms with van der Waals surface area (Å²) in [5, 5.41) is 6.55. The third-order valence-electron chi connectivity index (χ3n) is 6.25. The second-order valence-corrected chi connectivity index (χ2v) is 9.62. The van der Waals surface area contributed by atoms with Crippen molar-refractivity contribution in [1.82, 2.24) is 14.5 Å². The molecule has 11 heteroatoms. The number of aromatic nitrogens is 2.